The minimum atomic E-state index is -4.90. The topological polar surface area (TPSA) is 126 Å². The molecule has 0 saturated carbocycles. The van der Waals surface area contributed by atoms with Crippen LogP contribution >= 0.6 is 0 Å². The van der Waals surface area contributed by atoms with E-state index in [0.717, 1.165) is 36.5 Å². The molecule has 0 unspecified atom stereocenters. The number of likely N-dealkylation sites (tertiary alicyclic amines) is 1. The summed E-state index contributed by atoms with van der Waals surface area (Å²) in [5, 5.41) is 8.76. The Hall–Kier alpha value is -3.33. The molecular formula is C17H13F3N4O4S. The van der Waals surface area contributed by atoms with Crippen molar-refractivity contribution in [2.24, 2.45) is 5.92 Å². The van der Waals surface area contributed by atoms with Gasteiger partial charge in [-0.2, -0.15) is 5.26 Å². The quantitative estimate of drug-likeness (QED) is 0.792. The predicted octanol–water partition coefficient (Wildman–Crippen LogP) is 1.99. The average Bonchev–Trinajstić information content (AvgIpc) is 2.59. The number of nitrogens with two attached hydrogens (primary N) is 1. The minimum absolute atomic E-state index is 0.144. The lowest BCUT2D eigenvalue weighted by Gasteiger charge is -2.35. The number of nitrogen functional groups attached to an aromatic ring is 1. The minimum Gasteiger partial charge on any atom is -0.406 e. The summed E-state index contributed by atoms with van der Waals surface area (Å²) in [7, 11) is -4.14. The van der Waals surface area contributed by atoms with Crippen LogP contribution in [0.1, 0.15) is 10.5 Å². The van der Waals surface area contributed by atoms with E-state index in [2.05, 4.69) is 9.72 Å². The molecule has 2 N–H and O–H groups in total. The van der Waals surface area contributed by atoms with Crippen LogP contribution in [0.3, 0.4) is 0 Å². The van der Waals surface area contributed by atoms with Crippen LogP contribution in [0.2, 0.25) is 0 Å². The van der Waals surface area contributed by atoms with Gasteiger partial charge in [0.05, 0.1) is 27.5 Å². The van der Waals surface area contributed by atoms with E-state index in [1.807, 2.05) is 6.07 Å². The molecule has 29 heavy (non-hydrogen) atoms. The Kier molecular flexibility index (Phi) is 5.10. The number of benzene rings is 1. The predicted molar refractivity (Wildman–Crippen MR) is 92.2 cm³/mol. The molecule has 0 atom stereocenters. The number of carbonyl (C=O) groups excluding carboxylic acids is 1. The van der Waals surface area contributed by atoms with Crippen molar-refractivity contribution in [2.45, 2.75) is 16.2 Å². The fourth-order valence-electron chi connectivity index (χ4n) is 2.62. The largest absolute Gasteiger partial charge is 0.573 e. The van der Waals surface area contributed by atoms with Gasteiger partial charge in [0.2, 0.25) is 9.84 Å². The van der Waals surface area contributed by atoms with Gasteiger partial charge in [-0.05, 0) is 30.3 Å². The first-order valence-electron chi connectivity index (χ1n) is 8.06. The normalized spacial score (nSPS) is 14.8. The zero-order valence-electron chi connectivity index (χ0n) is 14.5. The zero-order valence-corrected chi connectivity index (χ0v) is 15.4. The van der Waals surface area contributed by atoms with Gasteiger partial charge in [0.1, 0.15) is 5.75 Å². The molecule has 0 radical (unpaired) electrons. The number of aromatic nitrogens is 1. The number of sulfone groups is 1. The number of alkyl halides is 3. The first-order valence-corrected chi connectivity index (χ1v) is 9.55. The Bertz CT molecular complexity index is 1090. The fourth-order valence-corrected chi connectivity index (χ4v) is 3.86. The summed E-state index contributed by atoms with van der Waals surface area (Å²) in [6.07, 6.45) is -3.95. The van der Waals surface area contributed by atoms with Crippen LogP contribution in [0.25, 0.3) is 0 Å². The van der Waals surface area contributed by atoms with Crippen molar-refractivity contribution >= 4 is 21.4 Å². The monoisotopic (exact) mass is 426 g/mol. The van der Waals surface area contributed by atoms with Crippen molar-refractivity contribution in [1.82, 2.24) is 9.88 Å². The second kappa shape index (κ2) is 7.25. The van der Waals surface area contributed by atoms with Crippen molar-refractivity contribution in [2.75, 3.05) is 18.8 Å². The van der Waals surface area contributed by atoms with E-state index in [4.69, 9.17) is 11.0 Å². The van der Waals surface area contributed by atoms with Gasteiger partial charge in [-0.25, -0.2) is 13.4 Å². The molecule has 2 heterocycles. The van der Waals surface area contributed by atoms with Gasteiger partial charge < -0.3 is 15.4 Å². The lowest BCUT2D eigenvalue weighted by molar-refractivity contribution is -0.274. The Labute approximate surface area is 163 Å². The summed E-state index contributed by atoms with van der Waals surface area (Å²) in [6.45, 7) is 0.478. The summed E-state index contributed by atoms with van der Waals surface area (Å²) in [5.74, 6) is -1.35. The summed E-state index contributed by atoms with van der Waals surface area (Å²) < 4.78 is 65.6. The van der Waals surface area contributed by atoms with Gasteiger partial charge in [-0.1, -0.05) is 0 Å². The SMILES string of the molecule is N#CC1CN(C(=O)c2ncc(S(=O)(=O)c3ccc(OC(F)(F)F)cc3)cc2N)C1. The Morgan fingerprint density at radius 1 is 1.24 bits per heavy atom. The number of nitrogens with zero attached hydrogens (tertiary/aromatic N) is 3. The summed E-state index contributed by atoms with van der Waals surface area (Å²) in [6, 6.07) is 6.71. The van der Waals surface area contributed by atoms with Crippen LogP contribution in [0, 0.1) is 17.2 Å². The molecule has 1 aliphatic heterocycles. The number of carbonyl (C=O) groups is 1. The number of hydrogen-bond acceptors (Lipinski definition) is 7. The highest BCUT2D eigenvalue weighted by molar-refractivity contribution is 7.91. The maximum absolute atomic E-state index is 12.7. The molecule has 1 aliphatic rings. The van der Waals surface area contributed by atoms with Crippen LogP contribution < -0.4 is 10.5 Å². The third-order valence-corrected chi connectivity index (χ3v) is 5.86. The standard InChI is InChI=1S/C17H13F3N4O4S/c18-17(19,20)28-11-1-3-12(4-2-11)29(26,27)13-5-14(22)15(23-7-13)16(25)24-8-10(6-21)9-24/h1-5,7,10H,8-9,22H2. The second-order valence-electron chi connectivity index (χ2n) is 6.17. The van der Waals surface area contributed by atoms with E-state index in [9.17, 15) is 26.4 Å². The highest BCUT2D eigenvalue weighted by Crippen LogP contribution is 2.28. The lowest BCUT2D eigenvalue weighted by atomic mass is 10.0. The highest BCUT2D eigenvalue weighted by atomic mass is 32.2. The Balaban J connectivity index is 1.82. The molecule has 152 valence electrons. The van der Waals surface area contributed by atoms with Crippen LogP contribution in [-0.2, 0) is 9.84 Å². The average molecular weight is 426 g/mol. The number of ether oxygens (including phenoxy) is 1. The van der Waals surface area contributed by atoms with Crippen LogP contribution in [0.4, 0.5) is 18.9 Å². The number of halogens is 3. The molecule has 12 heteroatoms. The number of pyridine rings is 1. The van der Waals surface area contributed by atoms with Gasteiger partial charge in [0.25, 0.3) is 5.91 Å². The third-order valence-electron chi connectivity index (χ3n) is 4.12. The van der Waals surface area contributed by atoms with E-state index in [1.54, 1.807) is 0 Å². The third kappa shape index (κ3) is 4.24. The van der Waals surface area contributed by atoms with Gasteiger partial charge in [0.15, 0.2) is 5.69 Å². The van der Waals surface area contributed by atoms with Crippen LogP contribution in [-0.4, -0.2) is 43.7 Å². The smallest absolute Gasteiger partial charge is 0.406 e. The molecule has 0 spiro atoms. The molecule has 1 saturated heterocycles. The molecular weight excluding hydrogens is 413 g/mol. The number of hydrogen-bond donors (Lipinski definition) is 1. The summed E-state index contributed by atoms with van der Waals surface area (Å²) >= 11 is 0. The molecule has 2 aromatic rings. The van der Waals surface area contributed by atoms with Crippen molar-refractivity contribution in [3.05, 3.63) is 42.2 Å². The van der Waals surface area contributed by atoms with Crippen molar-refractivity contribution in [3.63, 3.8) is 0 Å². The number of rotatable bonds is 4. The van der Waals surface area contributed by atoms with Gasteiger partial charge >= 0.3 is 6.36 Å². The summed E-state index contributed by atoms with van der Waals surface area (Å²) in [4.78, 5) is 16.9. The molecule has 1 amide bonds. The van der Waals surface area contributed by atoms with E-state index >= 15 is 0 Å². The Morgan fingerprint density at radius 3 is 2.38 bits per heavy atom. The second-order valence-corrected chi connectivity index (χ2v) is 8.12. The van der Waals surface area contributed by atoms with Gasteiger partial charge in [-0.15, -0.1) is 13.2 Å². The number of nitriles is 1. The Morgan fingerprint density at radius 2 is 1.86 bits per heavy atom. The molecule has 1 fully saturated rings. The zero-order chi connectivity index (χ0) is 21.4. The number of anilines is 1. The van der Waals surface area contributed by atoms with Crippen molar-refractivity contribution in [1.29, 1.82) is 5.26 Å². The fraction of sp³-hybridized carbons (Fsp3) is 0.235. The van der Waals surface area contributed by atoms with E-state index in [-0.39, 0.29) is 40.2 Å². The molecule has 0 aliphatic carbocycles. The first-order chi connectivity index (χ1) is 13.5. The molecule has 8 nitrogen and oxygen atoms in total. The van der Waals surface area contributed by atoms with Gasteiger partial charge in [0, 0.05) is 19.3 Å². The van der Waals surface area contributed by atoms with Crippen LogP contribution in [0.5, 0.6) is 5.75 Å². The maximum atomic E-state index is 12.7. The summed E-state index contributed by atoms with van der Waals surface area (Å²) in [5.41, 5.74) is 5.47. The van der Waals surface area contributed by atoms with Crippen molar-refractivity contribution < 1.29 is 31.1 Å². The van der Waals surface area contributed by atoms with E-state index in [1.165, 1.54) is 4.90 Å². The molecule has 3 rings (SSSR count). The molecule has 1 aromatic carbocycles. The number of amides is 1. The van der Waals surface area contributed by atoms with E-state index < -0.39 is 27.9 Å². The first kappa shape index (κ1) is 20.4. The lowest BCUT2D eigenvalue weighted by Crippen LogP contribution is -2.49. The molecule has 1 aromatic heterocycles. The van der Waals surface area contributed by atoms with Crippen LogP contribution in [0.15, 0.2) is 46.3 Å². The maximum Gasteiger partial charge on any atom is 0.573 e. The van der Waals surface area contributed by atoms with Gasteiger partial charge in [-0.3, -0.25) is 4.79 Å². The van der Waals surface area contributed by atoms with E-state index in [0.29, 0.717) is 0 Å². The van der Waals surface area contributed by atoms with Crippen molar-refractivity contribution in [3.8, 4) is 11.8 Å². The highest BCUT2D eigenvalue weighted by Gasteiger charge is 2.33. The molecule has 0 bridgehead atoms.